The SMILES string of the molecule is COc1ccc2ncc(F)c(NC(=O)C3CC(O)C(CNCc4ccc5c(n4)NC(=O)CS5)C3)c2n1. The van der Waals surface area contributed by atoms with Crippen molar-refractivity contribution in [3.63, 3.8) is 0 Å². The number of methoxy groups -OCH3 is 1. The molecule has 3 aromatic rings. The fourth-order valence-electron chi connectivity index (χ4n) is 4.51. The van der Waals surface area contributed by atoms with Gasteiger partial charge in [-0.15, -0.1) is 11.8 Å². The third-order valence-corrected chi connectivity index (χ3v) is 7.42. The molecule has 1 fully saturated rings. The molecule has 1 aliphatic carbocycles. The predicted octanol–water partition coefficient (Wildman–Crippen LogP) is 2.33. The number of hydrogen-bond donors (Lipinski definition) is 4. The normalized spacial score (nSPS) is 21.2. The zero-order valence-corrected chi connectivity index (χ0v) is 20.3. The molecule has 0 saturated heterocycles. The van der Waals surface area contributed by atoms with E-state index in [1.54, 1.807) is 12.1 Å². The van der Waals surface area contributed by atoms with Crippen molar-refractivity contribution in [3.05, 3.63) is 42.0 Å². The Bertz CT molecular complexity index is 1330. The Morgan fingerprint density at radius 3 is 2.97 bits per heavy atom. The number of aliphatic hydroxyl groups is 1. The number of carbonyl (C=O) groups is 2. The molecule has 0 aromatic carbocycles. The van der Waals surface area contributed by atoms with E-state index in [2.05, 4.69) is 30.9 Å². The van der Waals surface area contributed by atoms with Gasteiger partial charge in [0.1, 0.15) is 17.0 Å². The number of rotatable bonds is 7. The van der Waals surface area contributed by atoms with Gasteiger partial charge in [-0.2, -0.15) is 0 Å². The van der Waals surface area contributed by atoms with Gasteiger partial charge in [-0.25, -0.2) is 14.4 Å². The summed E-state index contributed by atoms with van der Waals surface area (Å²) in [4.78, 5) is 38.2. The monoisotopic (exact) mass is 512 g/mol. The van der Waals surface area contributed by atoms with Crippen LogP contribution in [-0.4, -0.2) is 57.4 Å². The van der Waals surface area contributed by atoms with Crippen LogP contribution in [0, 0.1) is 17.7 Å². The summed E-state index contributed by atoms with van der Waals surface area (Å²) >= 11 is 1.45. The summed E-state index contributed by atoms with van der Waals surface area (Å²) in [5, 5.41) is 19.3. The number of thioether (sulfide) groups is 1. The van der Waals surface area contributed by atoms with E-state index in [4.69, 9.17) is 4.74 Å². The molecule has 3 aromatic heterocycles. The maximum Gasteiger partial charge on any atom is 0.235 e. The van der Waals surface area contributed by atoms with E-state index in [1.807, 2.05) is 12.1 Å². The summed E-state index contributed by atoms with van der Waals surface area (Å²) in [6, 6.07) is 7.08. The van der Waals surface area contributed by atoms with Crippen molar-refractivity contribution < 1.29 is 23.8 Å². The maximum absolute atomic E-state index is 14.6. The second-order valence-corrected chi connectivity index (χ2v) is 9.82. The van der Waals surface area contributed by atoms with Crippen LogP contribution in [0.1, 0.15) is 18.5 Å². The molecular weight excluding hydrogens is 487 g/mol. The Morgan fingerprint density at radius 2 is 2.14 bits per heavy atom. The van der Waals surface area contributed by atoms with Gasteiger partial charge >= 0.3 is 0 Å². The van der Waals surface area contributed by atoms with Crippen LogP contribution in [-0.2, 0) is 16.1 Å². The first-order chi connectivity index (χ1) is 17.4. The fourth-order valence-corrected chi connectivity index (χ4v) is 5.26. The van der Waals surface area contributed by atoms with Crippen LogP contribution in [0.2, 0.25) is 0 Å². The number of hydrogen-bond acceptors (Lipinski definition) is 9. The molecule has 1 saturated carbocycles. The van der Waals surface area contributed by atoms with Crippen molar-refractivity contribution in [2.75, 3.05) is 30.0 Å². The van der Waals surface area contributed by atoms with E-state index >= 15 is 0 Å². The van der Waals surface area contributed by atoms with E-state index in [0.717, 1.165) is 16.8 Å². The molecule has 2 aliphatic rings. The lowest BCUT2D eigenvalue weighted by Gasteiger charge is -2.17. The minimum atomic E-state index is -0.694. The summed E-state index contributed by atoms with van der Waals surface area (Å²) in [5.74, 6) is -0.538. The summed E-state index contributed by atoms with van der Waals surface area (Å²) in [6.45, 7) is 0.936. The lowest BCUT2D eigenvalue weighted by Crippen LogP contribution is -2.28. The van der Waals surface area contributed by atoms with E-state index in [1.165, 1.54) is 18.9 Å². The van der Waals surface area contributed by atoms with Crippen LogP contribution in [0.15, 0.2) is 35.4 Å². The Morgan fingerprint density at radius 1 is 1.28 bits per heavy atom. The smallest absolute Gasteiger partial charge is 0.235 e. The number of pyridine rings is 3. The van der Waals surface area contributed by atoms with E-state index in [9.17, 15) is 19.1 Å². The number of ether oxygens (including phenoxy) is 1. The zero-order valence-electron chi connectivity index (χ0n) is 19.5. The van der Waals surface area contributed by atoms with E-state index < -0.39 is 17.8 Å². The first-order valence-corrected chi connectivity index (χ1v) is 12.5. The molecule has 3 atom stereocenters. The van der Waals surface area contributed by atoms with Crippen LogP contribution < -0.4 is 20.7 Å². The van der Waals surface area contributed by atoms with Gasteiger partial charge in [0.25, 0.3) is 0 Å². The Balaban J connectivity index is 1.19. The number of nitrogens with zero attached hydrogens (tertiary/aromatic N) is 3. The molecule has 1 aliphatic heterocycles. The molecular formula is C24H25FN6O4S. The van der Waals surface area contributed by atoms with Crippen LogP contribution in [0.3, 0.4) is 0 Å². The summed E-state index contributed by atoms with van der Waals surface area (Å²) in [5.41, 5.74) is 1.34. The molecule has 3 unspecified atom stereocenters. The number of carbonyl (C=O) groups excluding carboxylic acids is 2. The summed E-state index contributed by atoms with van der Waals surface area (Å²) < 4.78 is 19.7. The first-order valence-electron chi connectivity index (χ1n) is 11.5. The number of aliphatic hydroxyl groups excluding tert-OH is 1. The van der Waals surface area contributed by atoms with Crippen molar-refractivity contribution in [1.29, 1.82) is 0 Å². The standard InChI is InChI=1S/C24H25FN6O4S/c1-35-20-5-3-16-22(30-20)21(15(25)10-27-16)31-24(34)12-6-13(17(32)7-12)8-26-9-14-2-4-18-23(28-14)29-19(33)11-36-18/h2-5,10,12-13,17,26,32H,6-9,11H2,1H3,(H,27,31,34)(H,28,29,33). The molecule has 4 N–H and O–H groups in total. The van der Waals surface area contributed by atoms with Crippen molar-refractivity contribution in [2.24, 2.45) is 11.8 Å². The van der Waals surface area contributed by atoms with Crippen LogP contribution >= 0.6 is 11.8 Å². The largest absolute Gasteiger partial charge is 0.481 e. The van der Waals surface area contributed by atoms with Crippen molar-refractivity contribution in [1.82, 2.24) is 20.3 Å². The van der Waals surface area contributed by atoms with Gasteiger partial charge in [0.05, 0.1) is 41.3 Å². The van der Waals surface area contributed by atoms with Crippen molar-refractivity contribution in [3.8, 4) is 5.88 Å². The molecule has 36 heavy (non-hydrogen) atoms. The molecule has 10 nitrogen and oxygen atoms in total. The van der Waals surface area contributed by atoms with Crippen molar-refractivity contribution >= 4 is 46.1 Å². The van der Waals surface area contributed by atoms with Gasteiger partial charge in [-0.3, -0.25) is 14.6 Å². The first kappa shape index (κ1) is 24.3. The van der Waals surface area contributed by atoms with Gasteiger partial charge in [0.2, 0.25) is 17.7 Å². The molecule has 0 bridgehead atoms. The highest BCUT2D eigenvalue weighted by Crippen LogP contribution is 2.34. The molecule has 5 rings (SSSR count). The molecule has 12 heteroatoms. The third kappa shape index (κ3) is 5.11. The number of halogens is 1. The van der Waals surface area contributed by atoms with Gasteiger partial charge in [-0.1, -0.05) is 0 Å². The minimum Gasteiger partial charge on any atom is -0.481 e. The highest BCUT2D eigenvalue weighted by atomic mass is 32.2. The molecule has 4 heterocycles. The Hall–Kier alpha value is -3.35. The number of aromatic nitrogens is 3. The third-order valence-electron chi connectivity index (χ3n) is 6.37. The summed E-state index contributed by atoms with van der Waals surface area (Å²) in [7, 11) is 1.45. The van der Waals surface area contributed by atoms with Gasteiger partial charge in [0.15, 0.2) is 5.82 Å². The number of fused-ring (bicyclic) bond motifs is 2. The number of amides is 2. The van der Waals surface area contributed by atoms with Crippen LogP contribution in [0.4, 0.5) is 15.9 Å². The highest BCUT2D eigenvalue weighted by molar-refractivity contribution is 8.00. The van der Waals surface area contributed by atoms with Crippen LogP contribution in [0.5, 0.6) is 5.88 Å². The topological polar surface area (TPSA) is 138 Å². The average molecular weight is 513 g/mol. The lowest BCUT2D eigenvalue weighted by molar-refractivity contribution is -0.120. The lowest BCUT2D eigenvalue weighted by atomic mass is 10.0. The Kier molecular flexibility index (Phi) is 6.99. The second-order valence-electron chi connectivity index (χ2n) is 8.80. The average Bonchev–Trinajstić information content (AvgIpc) is 3.25. The number of nitrogens with one attached hydrogen (secondary N) is 3. The maximum atomic E-state index is 14.6. The van der Waals surface area contributed by atoms with Crippen molar-refractivity contribution in [2.45, 2.75) is 30.4 Å². The highest BCUT2D eigenvalue weighted by Gasteiger charge is 2.37. The van der Waals surface area contributed by atoms with Gasteiger partial charge in [-0.05, 0) is 37.0 Å². The zero-order chi connectivity index (χ0) is 25.2. The predicted molar refractivity (Wildman–Crippen MR) is 132 cm³/mol. The van der Waals surface area contributed by atoms with Gasteiger partial charge in [0, 0.05) is 25.1 Å². The fraction of sp³-hybridized carbons (Fsp3) is 0.375. The molecule has 188 valence electrons. The van der Waals surface area contributed by atoms with E-state index in [0.29, 0.717) is 36.6 Å². The summed E-state index contributed by atoms with van der Waals surface area (Å²) in [6.07, 6.45) is 1.10. The molecule has 0 radical (unpaired) electrons. The van der Waals surface area contributed by atoms with Crippen LogP contribution in [0.25, 0.3) is 11.0 Å². The minimum absolute atomic E-state index is 0.0521. The molecule has 0 spiro atoms. The number of anilines is 2. The van der Waals surface area contributed by atoms with Gasteiger partial charge < -0.3 is 25.8 Å². The molecule has 2 amide bonds. The Labute approximate surface area is 210 Å². The second kappa shape index (κ2) is 10.3. The quantitative estimate of drug-likeness (QED) is 0.376. The van der Waals surface area contributed by atoms with E-state index in [-0.39, 0.29) is 41.2 Å².